The summed E-state index contributed by atoms with van der Waals surface area (Å²) in [6, 6.07) is 11.7. The fraction of sp³-hybridized carbons (Fsp3) is 0.458. The lowest BCUT2D eigenvalue weighted by Crippen LogP contribution is -2.44. The van der Waals surface area contributed by atoms with Crippen molar-refractivity contribution >= 4 is 28.6 Å². The number of carbonyl (C=O) groups excluding carboxylic acids is 3. The van der Waals surface area contributed by atoms with Gasteiger partial charge in [-0.2, -0.15) is 0 Å². The van der Waals surface area contributed by atoms with Crippen LogP contribution >= 0.6 is 0 Å². The van der Waals surface area contributed by atoms with Crippen molar-refractivity contribution in [3.8, 4) is 5.75 Å². The van der Waals surface area contributed by atoms with Gasteiger partial charge in [-0.1, -0.05) is 31.0 Å². The van der Waals surface area contributed by atoms with Crippen LogP contribution in [-0.4, -0.2) is 53.9 Å². The lowest BCUT2D eigenvalue weighted by molar-refractivity contribution is -0.133. The van der Waals surface area contributed by atoms with Crippen molar-refractivity contribution in [2.24, 2.45) is 0 Å². The maximum absolute atomic E-state index is 12.7. The first-order chi connectivity index (χ1) is 14.9. The van der Waals surface area contributed by atoms with Crippen LogP contribution in [0.25, 0.3) is 10.8 Å². The van der Waals surface area contributed by atoms with Gasteiger partial charge >= 0.3 is 6.03 Å². The molecule has 1 aliphatic heterocycles. The molecular weight excluding hydrogens is 394 g/mol. The highest BCUT2D eigenvalue weighted by molar-refractivity contribution is 6.07. The molecule has 4 amide bonds. The van der Waals surface area contributed by atoms with Gasteiger partial charge in [0.2, 0.25) is 5.91 Å². The summed E-state index contributed by atoms with van der Waals surface area (Å²) >= 11 is 0. The Morgan fingerprint density at radius 3 is 2.58 bits per heavy atom. The zero-order chi connectivity index (χ0) is 22.0. The van der Waals surface area contributed by atoms with Crippen molar-refractivity contribution in [1.29, 1.82) is 0 Å². The van der Waals surface area contributed by atoms with Gasteiger partial charge in [-0.25, -0.2) is 4.79 Å². The van der Waals surface area contributed by atoms with Gasteiger partial charge in [-0.05, 0) is 53.8 Å². The van der Waals surface area contributed by atoms with Crippen molar-refractivity contribution in [1.82, 2.24) is 15.1 Å². The first-order valence-corrected chi connectivity index (χ1v) is 10.9. The fourth-order valence-corrected chi connectivity index (χ4v) is 4.64. The minimum absolute atomic E-state index is 0.00235. The highest BCUT2D eigenvalue weighted by atomic mass is 16.5. The molecule has 4 rings (SSSR count). The van der Waals surface area contributed by atoms with Gasteiger partial charge in [0.1, 0.15) is 11.3 Å². The maximum Gasteiger partial charge on any atom is 0.325 e. The van der Waals surface area contributed by atoms with E-state index in [1.165, 1.54) is 4.90 Å². The lowest BCUT2D eigenvalue weighted by atomic mass is 9.98. The normalized spacial score (nSPS) is 17.4. The Balaban J connectivity index is 1.29. The number of nitrogens with one attached hydrogen (secondary N) is 1. The Bertz CT molecular complexity index is 1010. The molecule has 1 aliphatic carbocycles. The molecule has 0 radical (unpaired) electrons. The molecule has 7 nitrogen and oxygen atoms in total. The highest BCUT2D eigenvalue weighted by Gasteiger charge is 2.52. The largest absolute Gasteiger partial charge is 0.497 e. The fourth-order valence-electron chi connectivity index (χ4n) is 4.64. The second-order valence-corrected chi connectivity index (χ2v) is 8.58. The number of methoxy groups -OCH3 is 1. The number of imide groups is 1. The summed E-state index contributed by atoms with van der Waals surface area (Å²) in [6.45, 7) is 0.789. The standard InChI is InChI=1S/C24H29N3O4/c1-26(16-17-7-8-19-15-20(31-2)10-9-18(19)14-17)21(28)6-5-13-27-22(29)24(25-23(27)30)11-3-4-12-24/h7-10,14-15H,3-6,11-13,16H2,1-2H3,(H,25,30). The van der Waals surface area contributed by atoms with Crippen LogP contribution in [0.4, 0.5) is 4.79 Å². The Kier molecular flexibility index (Phi) is 5.85. The summed E-state index contributed by atoms with van der Waals surface area (Å²) in [7, 11) is 3.43. The smallest absolute Gasteiger partial charge is 0.325 e. The van der Waals surface area contributed by atoms with Crippen LogP contribution < -0.4 is 10.1 Å². The third kappa shape index (κ3) is 4.22. The third-order valence-corrected chi connectivity index (χ3v) is 6.43. The zero-order valence-corrected chi connectivity index (χ0v) is 18.1. The number of amides is 4. The van der Waals surface area contributed by atoms with Gasteiger partial charge < -0.3 is 15.0 Å². The van der Waals surface area contributed by atoms with Crippen molar-refractivity contribution in [2.45, 2.75) is 50.6 Å². The van der Waals surface area contributed by atoms with Crippen LogP contribution in [0, 0.1) is 0 Å². The monoisotopic (exact) mass is 423 g/mol. The van der Waals surface area contributed by atoms with Gasteiger partial charge in [0, 0.05) is 26.6 Å². The number of hydrogen-bond donors (Lipinski definition) is 1. The molecule has 31 heavy (non-hydrogen) atoms. The molecule has 1 saturated carbocycles. The summed E-state index contributed by atoms with van der Waals surface area (Å²) in [5.74, 6) is 0.692. The average molecular weight is 424 g/mol. The van der Waals surface area contributed by atoms with E-state index in [2.05, 4.69) is 11.4 Å². The van der Waals surface area contributed by atoms with Gasteiger partial charge in [-0.15, -0.1) is 0 Å². The van der Waals surface area contributed by atoms with E-state index in [1.54, 1.807) is 19.1 Å². The number of carbonyl (C=O) groups is 3. The Labute approximate surface area is 182 Å². The number of fused-ring (bicyclic) bond motifs is 1. The summed E-state index contributed by atoms with van der Waals surface area (Å²) in [5.41, 5.74) is 0.364. The number of benzene rings is 2. The molecule has 0 aromatic heterocycles. The lowest BCUT2D eigenvalue weighted by Gasteiger charge is -2.20. The highest BCUT2D eigenvalue weighted by Crippen LogP contribution is 2.35. The predicted molar refractivity (Wildman–Crippen MR) is 118 cm³/mol. The molecule has 1 saturated heterocycles. The first-order valence-electron chi connectivity index (χ1n) is 10.9. The van der Waals surface area contributed by atoms with Crippen LogP contribution in [0.1, 0.15) is 44.1 Å². The molecular formula is C24H29N3O4. The van der Waals surface area contributed by atoms with Crippen molar-refractivity contribution in [3.63, 3.8) is 0 Å². The number of ether oxygens (including phenoxy) is 1. The number of urea groups is 1. The maximum atomic E-state index is 12.7. The minimum Gasteiger partial charge on any atom is -0.497 e. The summed E-state index contributed by atoms with van der Waals surface area (Å²) in [5, 5.41) is 5.06. The van der Waals surface area contributed by atoms with Gasteiger partial charge in [0.25, 0.3) is 5.91 Å². The van der Waals surface area contributed by atoms with E-state index in [0.717, 1.165) is 34.9 Å². The molecule has 0 atom stereocenters. The molecule has 2 aromatic rings. The summed E-state index contributed by atoms with van der Waals surface area (Å²) in [6.07, 6.45) is 4.13. The van der Waals surface area contributed by atoms with E-state index in [9.17, 15) is 14.4 Å². The van der Waals surface area contributed by atoms with Gasteiger partial charge in [0.05, 0.1) is 7.11 Å². The van der Waals surface area contributed by atoms with Crippen LogP contribution in [0.2, 0.25) is 0 Å². The van der Waals surface area contributed by atoms with E-state index in [0.29, 0.717) is 32.2 Å². The second-order valence-electron chi connectivity index (χ2n) is 8.58. The quantitative estimate of drug-likeness (QED) is 0.692. The first kappa shape index (κ1) is 21.2. The molecule has 0 unspecified atom stereocenters. The van der Waals surface area contributed by atoms with Crippen molar-refractivity contribution < 1.29 is 19.1 Å². The van der Waals surface area contributed by atoms with E-state index < -0.39 is 5.54 Å². The topological polar surface area (TPSA) is 79.0 Å². The Morgan fingerprint density at radius 2 is 1.84 bits per heavy atom. The number of hydrogen-bond acceptors (Lipinski definition) is 4. The third-order valence-electron chi connectivity index (χ3n) is 6.43. The van der Waals surface area contributed by atoms with E-state index in [4.69, 9.17) is 4.74 Å². The average Bonchev–Trinajstić information content (AvgIpc) is 3.33. The van der Waals surface area contributed by atoms with Crippen LogP contribution in [0.5, 0.6) is 5.75 Å². The second kappa shape index (κ2) is 8.57. The molecule has 2 aliphatic rings. The molecule has 2 fully saturated rings. The van der Waals surface area contributed by atoms with Crippen LogP contribution in [0.15, 0.2) is 36.4 Å². The molecule has 1 spiro atoms. The molecule has 7 heteroatoms. The molecule has 1 heterocycles. The van der Waals surface area contributed by atoms with Crippen LogP contribution in [0.3, 0.4) is 0 Å². The van der Waals surface area contributed by atoms with E-state index >= 15 is 0 Å². The Morgan fingerprint density at radius 1 is 1.13 bits per heavy atom. The van der Waals surface area contributed by atoms with E-state index in [-0.39, 0.29) is 24.4 Å². The van der Waals surface area contributed by atoms with Crippen molar-refractivity contribution in [3.05, 3.63) is 42.0 Å². The van der Waals surface area contributed by atoms with Gasteiger partial charge in [-0.3, -0.25) is 14.5 Å². The van der Waals surface area contributed by atoms with Crippen molar-refractivity contribution in [2.75, 3.05) is 20.7 Å². The molecule has 0 bridgehead atoms. The van der Waals surface area contributed by atoms with Crippen LogP contribution in [-0.2, 0) is 16.1 Å². The molecule has 1 N–H and O–H groups in total. The molecule has 164 valence electrons. The molecule has 2 aromatic carbocycles. The zero-order valence-electron chi connectivity index (χ0n) is 18.1. The minimum atomic E-state index is -0.683. The van der Waals surface area contributed by atoms with Gasteiger partial charge in [0.15, 0.2) is 0 Å². The Hall–Kier alpha value is -3.09. The summed E-state index contributed by atoms with van der Waals surface area (Å²) in [4.78, 5) is 40.5. The number of rotatable bonds is 7. The predicted octanol–water partition coefficient (Wildman–Crippen LogP) is 3.45. The number of nitrogens with zero attached hydrogens (tertiary/aromatic N) is 2. The summed E-state index contributed by atoms with van der Waals surface area (Å²) < 4.78 is 5.26. The van der Waals surface area contributed by atoms with E-state index in [1.807, 2.05) is 30.3 Å². The SMILES string of the molecule is COc1ccc2cc(CN(C)C(=O)CCCN3C(=O)NC4(CCCC4)C3=O)ccc2c1.